The Balaban J connectivity index is 1.84. The second kappa shape index (κ2) is 5.24. The van der Waals surface area contributed by atoms with Crippen LogP contribution in [0, 0.1) is 0 Å². The van der Waals surface area contributed by atoms with Crippen LogP contribution in [0.25, 0.3) is 11.3 Å². The number of aromatic nitrogens is 1. The molecule has 2 aromatic carbocycles. The van der Waals surface area contributed by atoms with Gasteiger partial charge >= 0.3 is 0 Å². The topological polar surface area (TPSA) is 38.9 Å². The van der Waals surface area contributed by atoms with E-state index in [1.165, 1.54) is 5.56 Å². The standard InChI is InChI=1S/C16H14N2S/c17-14-8-4-7-13(10-14)15-11-19-16(18-15)9-12-5-2-1-3-6-12/h1-8,10-11H,9,17H2. The van der Waals surface area contributed by atoms with Crippen molar-refractivity contribution in [3.63, 3.8) is 0 Å². The predicted octanol–water partition coefficient (Wildman–Crippen LogP) is 3.98. The van der Waals surface area contributed by atoms with E-state index >= 15 is 0 Å². The van der Waals surface area contributed by atoms with Crippen molar-refractivity contribution in [1.82, 2.24) is 4.98 Å². The molecule has 19 heavy (non-hydrogen) atoms. The molecule has 2 nitrogen and oxygen atoms in total. The molecule has 3 heteroatoms. The molecule has 3 rings (SSSR count). The third-order valence-electron chi connectivity index (χ3n) is 2.93. The molecule has 0 aliphatic rings. The van der Waals surface area contributed by atoms with E-state index in [4.69, 9.17) is 5.73 Å². The first-order valence-corrected chi connectivity index (χ1v) is 7.03. The summed E-state index contributed by atoms with van der Waals surface area (Å²) in [5.74, 6) is 0. The number of nitrogen functional groups attached to an aromatic ring is 1. The van der Waals surface area contributed by atoms with Crippen molar-refractivity contribution in [2.75, 3.05) is 5.73 Å². The van der Waals surface area contributed by atoms with Gasteiger partial charge in [0.1, 0.15) is 0 Å². The van der Waals surface area contributed by atoms with Gasteiger partial charge in [-0.25, -0.2) is 4.98 Å². The number of hydrogen-bond acceptors (Lipinski definition) is 3. The van der Waals surface area contributed by atoms with Crippen molar-refractivity contribution in [3.8, 4) is 11.3 Å². The molecule has 0 bridgehead atoms. The van der Waals surface area contributed by atoms with Gasteiger partial charge in [0.2, 0.25) is 0 Å². The zero-order chi connectivity index (χ0) is 13.1. The molecule has 94 valence electrons. The Morgan fingerprint density at radius 2 is 1.84 bits per heavy atom. The molecule has 0 radical (unpaired) electrons. The lowest BCUT2D eigenvalue weighted by molar-refractivity contribution is 1.14. The molecule has 1 aromatic heterocycles. The molecule has 0 atom stereocenters. The van der Waals surface area contributed by atoms with E-state index in [1.807, 2.05) is 30.3 Å². The van der Waals surface area contributed by atoms with Crippen molar-refractivity contribution < 1.29 is 0 Å². The summed E-state index contributed by atoms with van der Waals surface area (Å²) in [6.45, 7) is 0. The van der Waals surface area contributed by atoms with Gasteiger partial charge in [0.05, 0.1) is 10.7 Å². The molecule has 0 saturated carbocycles. The number of nitrogens with two attached hydrogens (primary N) is 1. The second-order valence-corrected chi connectivity index (χ2v) is 5.36. The summed E-state index contributed by atoms with van der Waals surface area (Å²) in [6, 6.07) is 18.2. The van der Waals surface area contributed by atoms with Gasteiger partial charge in [-0.15, -0.1) is 11.3 Å². The summed E-state index contributed by atoms with van der Waals surface area (Å²) in [5.41, 5.74) is 9.95. The number of nitrogens with zero attached hydrogens (tertiary/aromatic N) is 1. The van der Waals surface area contributed by atoms with E-state index < -0.39 is 0 Å². The number of benzene rings is 2. The normalized spacial score (nSPS) is 10.5. The fourth-order valence-corrected chi connectivity index (χ4v) is 2.83. The molecule has 0 saturated heterocycles. The highest BCUT2D eigenvalue weighted by Gasteiger charge is 2.05. The Bertz CT molecular complexity index is 674. The molecule has 0 aliphatic heterocycles. The van der Waals surface area contributed by atoms with Crippen LogP contribution in [-0.2, 0) is 6.42 Å². The number of hydrogen-bond donors (Lipinski definition) is 1. The van der Waals surface area contributed by atoms with Gasteiger partial charge in [-0.1, -0.05) is 42.5 Å². The van der Waals surface area contributed by atoms with E-state index in [-0.39, 0.29) is 0 Å². The predicted molar refractivity (Wildman–Crippen MR) is 81.2 cm³/mol. The zero-order valence-corrected chi connectivity index (χ0v) is 11.2. The van der Waals surface area contributed by atoms with E-state index in [0.717, 1.165) is 28.4 Å². The lowest BCUT2D eigenvalue weighted by Crippen LogP contribution is -1.88. The average Bonchev–Trinajstić information content (AvgIpc) is 2.88. The first kappa shape index (κ1) is 11.9. The van der Waals surface area contributed by atoms with Gasteiger partial charge in [-0.3, -0.25) is 0 Å². The third kappa shape index (κ3) is 2.83. The summed E-state index contributed by atoms with van der Waals surface area (Å²) < 4.78 is 0. The minimum absolute atomic E-state index is 0.773. The average molecular weight is 266 g/mol. The Morgan fingerprint density at radius 3 is 2.63 bits per heavy atom. The van der Waals surface area contributed by atoms with Crippen LogP contribution >= 0.6 is 11.3 Å². The first-order chi connectivity index (χ1) is 9.31. The largest absolute Gasteiger partial charge is 0.399 e. The quantitative estimate of drug-likeness (QED) is 0.728. The smallest absolute Gasteiger partial charge is 0.0976 e. The molecule has 1 heterocycles. The third-order valence-corrected chi connectivity index (χ3v) is 3.78. The summed E-state index contributed by atoms with van der Waals surface area (Å²) in [4.78, 5) is 4.68. The molecular weight excluding hydrogens is 252 g/mol. The highest BCUT2D eigenvalue weighted by Crippen LogP contribution is 2.24. The monoisotopic (exact) mass is 266 g/mol. The number of anilines is 1. The number of thiazole rings is 1. The Labute approximate surface area is 116 Å². The zero-order valence-electron chi connectivity index (χ0n) is 10.4. The van der Waals surface area contributed by atoms with Crippen LogP contribution in [0.4, 0.5) is 5.69 Å². The van der Waals surface area contributed by atoms with Crippen molar-refractivity contribution in [3.05, 3.63) is 70.5 Å². The minimum Gasteiger partial charge on any atom is -0.399 e. The van der Waals surface area contributed by atoms with Crippen LogP contribution < -0.4 is 5.73 Å². The Morgan fingerprint density at radius 1 is 1.00 bits per heavy atom. The fraction of sp³-hybridized carbons (Fsp3) is 0.0625. The maximum Gasteiger partial charge on any atom is 0.0976 e. The van der Waals surface area contributed by atoms with E-state index in [1.54, 1.807) is 11.3 Å². The Hall–Kier alpha value is -2.13. The van der Waals surface area contributed by atoms with Crippen LogP contribution in [0.3, 0.4) is 0 Å². The summed E-state index contributed by atoms with van der Waals surface area (Å²) in [6.07, 6.45) is 0.883. The molecule has 0 unspecified atom stereocenters. The second-order valence-electron chi connectivity index (χ2n) is 4.41. The van der Waals surface area contributed by atoms with Gasteiger partial charge in [0, 0.05) is 23.1 Å². The highest BCUT2D eigenvalue weighted by atomic mass is 32.1. The van der Waals surface area contributed by atoms with Crippen molar-refractivity contribution in [1.29, 1.82) is 0 Å². The molecule has 0 spiro atoms. The number of rotatable bonds is 3. The fourth-order valence-electron chi connectivity index (χ4n) is 1.99. The van der Waals surface area contributed by atoms with Crippen LogP contribution in [-0.4, -0.2) is 4.98 Å². The van der Waals surface area contributed by atoms with Crippen LogP contribution in [0.15, 0.2) is 60.0 Å². The van der Waals surface area contributed by atoms with Gasteiger partial charge in [-0.2, -0.15) is 0 Å². The van der Waals surface area contributed by atoms with Crippen molar-refractivity contribution in [2.24, 2.45) is 0 Å². The molecule has 2 N–H and O–H groups in total. The van der Waals surface area contributed by atoms with E-state index in [0.29, 0.717) is 0 Å². The van der Waals surface area contributed by atoms with Gasteiger partial charge in [0.25, 0.3) is 0 Å². The summed E-state index contributed by atoms with van der Waals surface area (Å²) in [5, 5.41) is 3.22. The molecule has 0 amide bonds. The maximum absolute atomic E-state index is 5.80. The van der Waals surface area contributed by atoms with Gasteiger partial charge < -0.3 is 5.73 Å². The minimum atomic E-state index is 0.773. The van der Waals surface area contributed by atoms with Crippen LogP contribution in [0.1, 0.15) is 10.6 Å². The molecule has 3 aromatic rings. The van der Waals surface area contributed by atoms with Gasteiger partial charge in [0.15, 0.2) is 0 Å². The van der Waals surface area contributed by atoms with Crippen molar-refractivity contribution >= 4 is 17.0 Å². The van der Waals surface area contributed by atoms with E-state index in [2.05, 4.69) is 34.6 Å². The van der Waals surface area contributed by atoms with Crippen molar-refractivity contribution in [2.45, 2.75) is 6.42 Å². The molecule has 0 fully saturated rings. The summed E-state index contributed by atoms with van der Waals surface area (Å²) in [7, 11) is 0. The van der Waals surface area contributed by atoms with E-state index in [9.17, 15) is 0 Å². The highest BCUT2D eigenvalue weighted by molar-refractivity contribution is 7.10. The van der Waals surface area contributed by atoms with Crippen LogP contribution in [0.5, 0.6) is 0 Å². The van der Waals surface area contributed by atoms with Gasteiger partial charge in [-0.05, 0) is 17.7 Å². The first-order valence-electron chi connectivity index (χ1n) is 6.15. The van der Waals surface area contributed by atoms with Crippen LogP contribution in [0.2, 0.25) is 0 Å². The maximum atomic E-state index is 5.80. The Kier molecular flexibility index (Phi) is 3.29. The molecule has 0 aliphatic carbocycles. The summed E-state index contributed by atoms with van der Waals surface area (Å²) >= 11 is 1.69. The lowest BCUT2D eigenvalue weighted by Gasteiger charge is -1.98. The lowest BCUT2D eigenvalue weighted by atomic mass is 10.1. The molecular formula is C16H14N2S. The SMILES string of the molecule is Nc1cccc(-c2csc(Cc3ccccc3)n2)c1.